The molecule has 0 aromatic carbocycles. The van der Waals surface area contributed by atoms with Gasteiger partial charge in [-0.1, -0.05) is 25.4 Å². The van der Waals surface area contributed by atoms with Gasteiger partial charge in [-0.2, -0.15) is 4.31 Å². The fourth-order valence-electron chi connectivity index (χ4n) is 2.89. The van der Waals surface area contributed by atoms with Crippen molar-refractivity contribution in [3.63, 3.8) is 0 Å². The van der Waals surface area contributed by atoms with E-state index in [-0.39, 0.29) is 17.2 Å². The summed E-state index contributed by atoms with van der Waals surface area (Å²) < 4.78 is 35.1. The molecule has 0 aliphatic heterocycles. The molecule has 0 amide bonds. The van der Waals surface area contributed by atoms with E-state index in [9.17, 15) is 13.2 Å². The van der Waals surface area contributed by atoms with Gasteiger partial charge in [0.25, 0.3) is 0 Å². The SMILES string of the molecule is CCN(CC)S(=O)(=O)c1cc(C(=O)OCc2cn3cc(Cl)ccc3n2)n(C)c1. The molecule has 0 spiro atoms. The van der Waals surface area contributed by atoms with E-state index in [2.05, 4.69) is 4.98 Å². The first kappa shape index (κ1) is 20.4. The molecule has 0 saturated carbocycles. The Morgan fingerprint density at radius 2 is 1.93 bits per heavy atom. The lowest BCUT2D eigenvalue weighted by atomic mass is 10.4. The largest absolute Gasteiger partial charge is 0.454 e. The maximum atomic E-state index is 12.6. The fraction of sp³-hybridized carbons (Fsp3) is 0.333. The maximum Gasteiger partial charge on any atom is 0.355 e. The van der Waals surface area contributed by atoms with E-state index in [4.69, 9.17) is 16.3 Å². The van der Waals surface area contributed by atoms with Gasteiger partial charge in [0.05, 0.1) is 10.7 Å². The Balaban J connectivity index is 1.76. The lowest BCUT2D eigenvalue weighted by Gasteiger charge is -2.17. The van der Waals surface area contributed by atoms with Crippen molar-refractivity contribution in [3.8, 4) is 0 Å². The number of sulfonamides is 1. The van der Waals surface area contributed by atoms with Gasteiger partial charge in [-0.15, -0.1) is 0 Å². The number of hydrogen-bond acceptors (Lipinski definition) is 5. The van der Waals surface area contributed by atoms with E-state index in [1.54, 1.807) is 49.8 Å². The smallest absolute Gasteiger partial charge is 0.355 e. The van der Waals surface area contributed by atoms with Gasteiger partial charge in [0.2, 0.25) is 10.0 Å². The minimum absolute atomic E-state index is 0.0402. The minimum Gasteiger partial charge on any atom is -0.454 e. The standard InChI is InChI=1S/C18H21ClN4O4S/c1-4-23(5-2)28(25,26)15-8-16(21(3)11-15)18(24)27-12-14-10-22-9-13(19)6-7-17(22)20-14/h6-11H,4-5,12H2,1-3H3. The maximum absolute atomic E-state index is 12.6. The number of rotatable bonds is 7. The van der Waals surface area contributed by atoms with Crippen molar-refractivity contribution in [2.24, 2.45) is 7.05 Å². The van der Waals surface area contributed by atoms with E-state index in [0.717, 1.165) is 0 Å². The molecule has 3 heterocycles. The molecule has 0 fully saturated rings. The van der Waals surface area contributed by atoms with Gasteiger partial charge in [0.15, 0.2) is 0 Å². The number of ether oxygens (including phenoxy) is 1. The Morgan fingerprint density at radius 3 is 2.61 bits per heavy atom. The zero-order valence-electron chi connectivity index (χ0n) is 15.8. The summed E-state index contributed by atoms with van der Waals surface area (Å²) in [5.41, 5.74) is 1.39. The first-order chi connectivity index (χ1) is 13.3. The Labute approximate surface area is 168 Å². The second kappa shape index (κ2) is 7.94. The number of aryl methyl sites for hydroxylation is 1. The van der Waals surface area contributed by atoms with E-state index >= 15 is 0 Å². The second-order valence-electron chi connectivity index (χ2n) is 6.18. The highest BCUT2D eigenvalue weighted by Crippen LogP contribution is 2.19. The predicted octanol–water partition coefficient (Wildman–Crippen LogP) is 2.71. The number of imidazole rings is 1. The van der Waals surface area contributed by atoms with E-state index in [1.807, 2.05) is 0 Å². The number of carbonyl (C=O) groups is 1. The Kier molecular flexibility index (Phi) is 5.78. The summed E-state index contributed by atoms with van der Waals surface area (Å²) in [5, 5.41) is 0.569. The molecular formula is C18H21ClN4O4S. The highest BCUT2D eigenvalue weighted by atomic mass is 35.5. The van der Waals surface area contributed by atoms with E-state index < -0.39 is 16.0 Å². The van der Waals surface area contributed by atoms with Crippen molar-refractivity contribution in [1.82, 2.24) is 18.3 Å². The molecule has 0 atom stereocenters. The summed E-state index contributed by atoms with van der Waals surface area (Å²) in [7, 11) is -2.05. The molecule has 0 saturated heterocycles. The molecule has 0 aliphatic rings. The Morgan fingerprint density at radius 1 is 1.21 bits per heavy atom. The van der Waals surface area contributed by atoms with E-state index in [1.165, 1.54) is 21.1 Å². The number of fused-ring (bicyclic) bond motifs is 1. The van der Waals surface area contributed by atoms with Crippen LogP contribution in [0.5, 0.6) is 0 Å². The molecule has 8 nitrogen and oxygen atoms in total. The van der Waals surface area contributed by atoms with Gasteiger partial charge in [-0.25, -0.2) is 18.2 Å². The number of aromatic nitrogens is 3. The number of carbonyl (C=O) groups excluding carboxylic acids is 1. The van der Waals surface area contributed by atoms with Crippen molar-refractivity contribution >= 4 is 33.2 Å². The van der Waals surface area contributed by atoms with Gasteiger partial charge in [-0.3, -0.25) is 0 Å². The summed E-state index contributed by atoms with van der Waals surface area (Å²) in [4.78, 5) is 16.9. The summed E-state index contributed by atoms with van der Waals surface area (Å²) in [6, 6.07) is 4.82. The molecule has 0 unspecified atom stereocenters. The van der Waals surface area contributed by atoms with Gasteiger partial charge in [-0.05, 0) is 18.2 Å². The molecule has 3 rings (SSSR count). The van der Waals surface area contributed by atoms with Crippen molar-refractivity contribution in [2.75, 3.05) is 13.1 Å². The molecule has 3 aromatic heterocycles. The molecule has 10 heteroatoms. The predicted molar refractivity (Wildman–Crippen MR) is 105 cm³/mol. The lowest BCUT2D eigenvalue weighted by molar-refractivity contribution is 0.0457. The van der Waals surface area contributed by atoms with Gasteiger partial charge >= 0.3 is 5.97 Å². The monoisotopic (exact) mass is 424 g/mol. The molecule has 28 heavy (non-hydrogen) atoms. The van der Waals surface area contributed by atoms with Crippen LogP contribution in [0.3, 0.4) is 0 Å². The summed E-state index contributed by atoms with van der Waals surface area (Å²) >= 11 is 5.95. The average Bonchev–Trinajstić information content (AvgIpc) is 3.23. The molecule has 3 aromatic rings. The van der Waals surface area contributed by atoms with Crippen molar-refractivity contribution in [2.45, 2.75) is 25.3 Å². The zero-order valence-corrected chi connectivity index (χ0v) is 17.4. The van der Waals surface area contributed by atoms with Gasteiger partial charge in [0, 0.05) is 38.7 Å². The van der Waals surface area contributed by atoms with Crippen LogP contribution in [0, 0.1) is 0 Å². The summed E-state index contributed by atoms with van der Waals surface area (Å²) in [6.45, 7) is 4.20. The van der Waals surface area contributed by atoms with Gasteiger partial charge in [0.1, 0.15) is 22.8 Å². The van der Waals surface area contributed by atoms with Crippen molar-refractivity contribution in [3.05, 3.63) is 53.2 Å². The second-order valence-corrected chi connectivity index (χ2v) is 8.56. The molecule has 0 N–H and O–H groups in total. The molecule has 0 aliphatic carbocycles. The van der Waals surface area contributed by atoms with E-state index in [0.29, 0.717) is 29.5 Å². The van der Waals surface area contributed by atoms with Crippen LogP contribution in [0.15, 0.2) is 41.7 Å². The van der Waals surface area contributed by atoms with Crippen LogP contribution in [-0.2, 0) is 28.4 Å². The fourth-order valence-corrected chi connectivity index (χ4v) is 4.59. The van der Waals surface area contributed by atoms with Crippen LogP contribution < -0.4 is 0 Å². The lowest BCUT2D eigenvalue weighted by Crippen LogP contribution is -2.30. The van der Waals surface area contributed by atoms with Crippen LogP contribution in [0.4, 0.5) is 0 Å². The Bertz CT molecular complexity index is 1120. The first-order valence-corrected chi connectivity index (χ1v) is 10.5. The molecule has 150 valence electrons. The van der Waals surface area contributed by atoms with Gasteiger partial charge < -0.3 is 13.7 Å². The third-order valence-electron chi connectivity index (χ3n) is 4.35. The number of hydrogen-bond donors (Lipinski definition) is 0. The number of pyridine rings is 1. The number of nitrogens with zero attached hydrogens (tertiary/aromatic N) is 4. The number of esters is 1. The third kappa shape index (κ3) is 3.91. The van der Waals surface area contributed by atoms with Crippen LogP contribution in [-0.4, -0.2) is 45.7 Å². The normalized spacial score (nSPS) is 12.0. The average molecular weight is 425 g/mol. The first-order valence-electron chi connectivity index (χ1n) is 8.73. The zero-order chi connectivity index (χ0) is 20.5. The summed E-state index contributed by atoms with van der Waals surface area (Å²) in [6.07, 6.45) is 4.84. The molecule has 0 bridgehead atoms. The summed E-state index contributed by atoms with van der Waals surface area (Å²) in [5.74, 6) is -0.626. The highest BCUT2D eigenvalue weighted by molar-refractivity contribution is 7.89. The highest BCUT2D eigenvalue weighted by Gasteiger charge is 2.26. The Hall–Kier alpha value is -2.36. The number of halogens is 1. The van der Waals surface area contributed by atoms with Crippen LogP contribution in [0.25, 0.3) is 5.65 Å². The molecular weight excluding hydrogens is 404 g/mol. The third-order valence-corrected chi connectivity index (χ3v) is 6.59. The van der Waals surface area contributed by atoms with Crippen LogP contribution in [0.1, 0.15) is 30.0 Å². The van der Waals surface area contributed by atoms with Crippen molar-refractivity contribution in [1.29, 1.82) is 0 Å². The minimum atomic E-state index is -3.65. The quantitative estimate of drug-likeness (QED) is 0.544. The van der Waals surface area contributed by atoms with Crippen molar-refractivity contribution < 1.29 is 17.9 Å². The molecule has 0 radical (unpaired) electrons. The topological polar surface area (TPSA) is 85.9 Å². The van der Waals surface area contributed by atoms with Crippen LogP contribution in [0.2, 0.25) is 5.02 Å². The van der Waals surface area contributed by atoms with Crippen LogP contribution >= 0.6 is 11.6 Å².